The molecule has 1 heterocycles. The molecule has 0 amide bonds. The van der Waals surface area contributed by atoms with Gasteiger partial charge >= 0.3 is 0 Å². The molecular formula is C11H24N2O3S. The van der Waals surface area contributed by atoms with Gasteiger partial charge in [-0.25, -0.2) is 8.42 Å². The minimum atomic E-state index is -3.03. The van der Waals surface area contributed by atoms with Crippen molar-refractivity contribution in [1.82, 2.24) is 10.2 Å². The summed E-state index contributed by atoms with van der Waals surface area (Å²) >= 11 is 0. The molecule has 1 saturated heterocycles. The SMILES string of the molecule is CCN(CC)CCCN[C@@H]1CS(=O)(=O)C[C@@H]1O. The molecule has 0 aliphatic carbocycles. The van der Waals surface area contributed by atoms with E-state index in [1.165, 1.54) is 0 Å². The van der Waals surface area contributed by atoms with Gasteiger partial charge in [-0.15, -0.1) is 0 Å². The van der Waals surface area contributed by atoms with Crippen LogP contribution in [0, 0.1) is 0 Å². The Kier molecular flexibility index (Phi) is 5.85. The Morgan fingerprint density at radius 1 is 1.29 bits per heavy atom. The molecule has 5 nitrogen and oxygen atoms in total. The largest absolute Gasteiger partial charge is 0.390 e. The van der Waals surface area contributed by atoms with Gasteiger partial charge < -0.3 is 15.3 Å². The first-order valence-electron chi connectivity index (χ1n) is 6.32. The molecule has 2 atom stereocenters. The highest BCUT2D eigenvalue weighted by Crippen LogP contribution is 2.12. The summed E-state index contributed by atoms with van der Waals surface area (Å²) in [4.78, 5) is 2.32. The Bertz CT molecular complexity index is 315. The van der Waals surface area contributed by atoms with Crippen LogP contribution in [0.5, 0.6) is 0 Å². The van der Waals surface area contributed by atoms with Gasteiger partial charge in [-0.05, 0) is 32.6 Å². The molecule has 102 valence electrons. The van der Waals surface area contributed by atoms with Gasteiger partial charge in [0.2, 0.25) is 0 Å². The van der Waals surface area contributed by atoms with Crippen molar-refractivity contribution in [1.29, 1.82) is 0 Å². The van der Waals surface area contributed by atoms with Gasteiger partial charge in [-0.1, -0.05) is 13.8 Å². The summed E-state index contributed by atoms with van der Waals surface area (Å²) in [5.74, 6) is -0.0276. The first kappa shape index (κ1) is 14.9. The molecule has 0 saturated carbocycles. The van der Waals surface area contributed by atoms with Crippen LogP contribution < -0.4 is 5.32 Å². The number of aliphatic hydroxyl groups is 1. The smallest absolute Gasteiger partial charge is 0.154 e. The summed E-state index contributed by atoms with van der Waals surface area (Å²) in [6, 6.07) is -0.281. The van der Waals surface area contributed by atoms with E-state index in [1.807, 2.05) is 0 Å². The molecule has 0 aromatic rings. The van der Waals surface area contributed by atoms with Crippen LogP contribution in [0.3, 0.4) is 0 Å². The van der Waals surface area contributed by atoms with E-state index in [0.29, 0.717) is 0 Å². The highest BCUT2D eigenvalue weighted by Gasteiger charge is 2.35. The van der Waals surface area contributed by atoms with Crippen LogP contribution >= 0.6 is 0 Å². The highest BCUT2D eigenvalue weighted by molar-refractivity contribution is 7.91. The zero-order valence-corrected chi connectivity index (χ0v) is 11.5. The second kappa shape index (κ2) is 6.68. The Morgan fingerprint density at radius 2 is 1.94 bits per heavy atom. The fraction of sp³-hybridized carbons (Fsp3) is 1.00. The average molecular weight is 264 g/mol. The van der Waals surface area contributed by atoms with Gasteiger partial charge in [0, 0.05) is 6.04 Å². The predicted octanol–water partition coefficient (Wildman–Crippen LogP) is -0.534. The maximum atomic E-state index is 11.3. The quantitative estimate of drug-likeness (QED) is 0.605. The maximum Gasteiger partial charge on any atom is 0.154 e. The molecule has 2 N–H and O–H groups in total. The van der Waals surface area contributed by atoms with Gasteiger partial charge in [0.1, 0.15) is 0 Å². The summed E-state index contributed by atoms with van der Waals surface area (Å²) < 4.78 is 22.6. The second-order valence-corrected chi connectivity index (χ2v) is 6.74. The molecule has 1 aliphatic heterocycles. The van der Waals surface area contributed by atoms with Crippen molar-refractivity contribution in [2.75, 3.05) is 37.7 Å². The summed E-state index contributed by atoms with van der Waals surface area (Å²) in [6.45, 7) is 8.10. The third-order valence-corrected chi connectivity index (χ3v) is 4.99. The maximum absolute atomic E-state index is 11.3. The first-order valence-corrected chi connectivity index (χ1v) is 8.15. The van der Waals surface area contributed by atoms with Crippen molar-refractivity contribution >= 4 is 9.84 Å². The van der Waals surface area contributed by atoms with Crippen LogP contribution in [0.15, 0.2) is 0 Å². The van der Waals surface area contributed by atoms with E-state index < -0.39 is 15.9 Å². The zero-order chi connectivity index (χ0) is 12.9. The highest BCUT2D eigenvalue weighted by atomic mass is 32.2. The fourth-order valence-corrected chi connectivity index (χ4v) is 3.93. The van der Waals surface area contributed by atoms with Gasteiger partial charge in [-0.3, -0.25) is 0 Å². The number of hydrogen-bond acceptors (Lipinski definition) is 5. The molecule has 0 spiro atoms. The van der Waals surface area contributed by atoms with Gasteiger partial charge in [0.15, 0.2) is 9.84 Å². The third-order valence-electron chi connectivity index (χ3n) is 3.27. The van der Waals surface area contributed by atoms with Crippen molar-refractivity contribution in [3.05, 3.63) is 0 Å². The number of hydrogen-bond donors (Lipinski definition) is 2. The molecule has 1 aliphatic rings. The molecule has 0 aromatic carbocycles. The number of nitrogens with one attached hydrogen (secondary N) is 1. The molecule has 0 aromatic heterocycles. The van der Waals surface area contributed by atoms with Gasteiger partial charge in [-0.2, -0.15) is 0 Å². The van der Waals surface area contributed by atoms with E-state index in [-0.39, 0.29) is 17.5 Å². The summed E-state index contributed by atoms with van der Waals surface area (Å²) in [5.41, 5.74) is 0. The molecule has 0 unspecified atom stereocenters. The fourth-order valence-electron chi connectivity index (χ4n) is 2.15. The number of nitrogens with zero attached hydrogens (tertiary/aromatic N) is 1. The van der Waals surface area contributed by atoms with Crippen molar-refractivity contribution in [2.24, 2.45) is 0 Å². The second-order valence-electron chi connectivity index (χ2n) is 4.59. The van der Waals surface area contributed by atoms with Crippen LogP contribution in [-0.2, 0) is 9.84 Å². The molecule has 0 bridgehead atoms. The Hall–Kier alpha value is -0.170. The Labute approximate surface area is 104 Å². The van der Waals surface area contributed by atoms with Crippen molar-refractivity contribution in [2.45, 2.75) is 32.4 Å². The van der Waals surface area contributed by atoms with E-state index in [2.05, 4.69) is 24.1 Å². The Morgan fingerprint density at radius 3 is 2.41 bits per heavy atom. The van der Waals surface area contributed by atoms with E-state index in [0.717, 1.165) is 32.6 Å². The predicted molar refractivity (Wildman–Crippen MR) is 68.9 cm³/mol. The van der Waals surface area contributed by atoms with E-state index in [4.69, 9.17) is 0 Å². The molecular weight excluding hydrogens is 240 g/mol. The molecule has 1 rings (SSSR count). The van der Waals surface area contributed by atoms with Crippen LogP contribution in [-0.4, -0.2) is 68.3 Å². The van der Waals surface area contributed by atoms with Crippen LogP contribution in [0.1, 0.15) is 20.3 Å². The van der Waals surface area contributed by atoms with Crippen LogP contribution in [0.4, 0.5) is 0 Å². The lowest BCUT2D eigenvalue weighted by Crippen LogP contribution is -2.40. The lowest BCUT2D eigenvalue weighted by atomic mass is 10.2. The van der Waals surface area contributed by atoms with E-state index in [9.17, 15) is 13.5 Å². The standard InChI is InChI=1S/C11H24N2O3S/c1-3-13(4-2)7-5-6-12-10-8-17(15,16)9-11(10)14/h10-12,14H,3-9H2,1-2H3/t10-,11+/m1/s1. The van der Waals surface area contributed by atoms with Crippen molar-refractivity contribution in [3.8, 4) is 0 Å². The minimum absolute atomic E-state index is 0.0689. The lowest BCUT2D eigenvalue weighted by Gasteiger charge is -2.19. The average Bonchev–Trinajstić information content (AvgIpc) is 2.52. The van der Waals surface area contributed by atoms with Crippen LogP contribution in [0.2, 0.25) is 0 Å². The molecule has 6 heteroatoms. The number of aliphatic hydroxyl groups excluding tert-OH is 1. The summed E-state index contributed by atoms with van der Waals surface area (Å²) in [7, 11) is -3.03. The van der Waals surface area contributed by atoms with E-state index in [1.54, 1.807) is 0 Å². The van der Waals surface area contributed by atoms with Gasteiger partial charge in [0.25, 0.3) is 0 Å². The van der Waals surface area contributed by atoms with Gasteiger partial charge in [0.05, 0.1) is 17.6 Å². The molecule has 1 fully saturated rings. The third kappa shape index (κ3) is 4.91. The molecule has 0 radical (unpaired) electrons. The Balaban J connectivity index is 2.19. The van der Waals surface area contributed by atoms with Crippen molar-refractivity contribution in [3.63, 3.8) is 0 Å². The summed E-state index contributed by atoms with van der Waals surface area (Å²) in [5, 5.41) is 12.7. The first-order chi connectivity index (χ1) is 7.98. The van der Waals surface area contributed by atoms with E-state index >= 15 is 0 Å². The topological polar surface area (TPSA) is 69.6 Å². The van der Waals surface area contributed by atoms with Crippen LogP contribution in [0.25, 0.3) is 0 Å². The zero-order valence-electron chi connectivity index (χ0n) is 10.7. The van der Waals surface area contributed by atoms with Crippen molar-refractivity contribution < 1.29 is 13.5 Å². The number of rotatable bonds is 7. The molecule has 17 heavy (non-hydrogen) atoms. The minimum Gasteiger partial charge on any atom is -0.390 e. The number of sulfone groups is 1. The summed E-state index contributed by atoms with van der Waals surface area (Å²) in [6.07, 6.45) is 0.235. The monoisotopic (exact) mass is 264 g/mol. The lowest BCUT2D eigenvalue weighted by molar-refractivity contribution is 0.165. The normalized spacial score (nSPS) is 27.8.